The number of benzene rings is 1. The minimum Gasteiger partial charge on any atom is -0.490 e. The summed E-state index contributed by atoms with van der Waals surface area (Å²) >= 11 is 6.15. The van der Waals surface area contributed by atoms with Crippen LogP contribution < -0.4 is 9.47 Å². The van der Waals surface area contributed by atoms with Crippen molar-refractivity contribution in [1.29, 1.82) is 0 Å². The minimum atomic E-state index is -1.01. The van der Waals surface area contributed by atoms with Gasteiger partial charge in [0.05, 0.1) is 18.2 Å². The summed E-state index contributed by atoms with van der Waals surface area (Å²) in [5, 5.41) is 9.20. The van der Waals surface area contributed by atoms with Gasteiger partial charge < -0.3 is 14.6 Å². The molecule has 0 saturated heterocycles. The average Bonchev–Trinajstić information content (AvgIpc) is 2.31. The molecule has 4 nitrogen and oxygen atoms in total. The van der Waals surface area contributed by atoms with Crippen molar-refractivity contribution in [2.45, 2.75) is 20.8 Å². The summed E-state index contributed by atoms with van der Waals surface area (Å²) in [5.41, 5.74) is 1.18. The molecular formula is C14H17ClO4. The van der Waals surface area contributed by atoms with Gasteiger partial charge in [0.15, 0.2) is 11.5 Å². The standard InChI is InChI=1S/C14H17ClO4/c1-4-18-12-7-10(9(3)6-14(16)17)11(15)8-13(12)19-5-2/h6-8H,4-5H2,1-3H3,(H,16,17)/b9-6+. The zero-order chi connectivity index (χ0) is 14.4. The van der Waals surface area contributed by atoms with Crippen molar-refractivity contribution in [3.05, 3.63) is 28.8 Å². The fraction of sp³-hybridized carbons (Fsp3) is 0.357. The number of ether oxygens (including phenoxy) is 2. The third-order valence-corrected chi connectivity index (χ3v) is 2.71. The lowest BCUT2D eigenvalue weighted by molar-refractivity contribution is -0.131. The molecule has 104 valence electrons. The number of carboxylic acid groups (broad SMARTS) is 1. The maximum absolute atomic E-state index is 10.7. The first-order valence-corrected chi connectivity index (χ1v) is 6.38. The van der Waals surface area contributed by atoms with Crippen LogP contribution in [0.25, 0.3) is 5.57 Å². The summed E-state index contributed by atoms with van der Waals surface area (Å²) in [5.74, 6) is 0.100. The lowest BCUT2D eigenvalue weighted by atomic mass is 10.1. The van der Waals surface area contributed by atoms with Gasteiger partial charge in [-0.2, -0.15) is 0 Å². The molecular weight excluding hydrogens is 268 g/mol. The Kier molecular flexibility index (Phi) is 5.70. The molecule has 0 atom stereocenters. The van der Waals surface area contributed by atoms with Gasteiger partial charge >= 0.3 is 5.97 Å². The molecule has 1 N–H and O–H groups in total. The van der Waals surface area contributed by atoms with E-state index < -0.39 is 5.97 Å². The van der Waals surface area contributed by atoms with Gasteiger partial charge in [0.2, 0.25) is 0 Å². The molecule has 1 aromatic carbocycles. The zero-order valence-corrected chi connectivity index (χ0v) is 12.0. The monoisotopic (exact) mass is 284 g/mol. The second kappa shape index (κ2) is 7.04. The number of aliphatic carboxylic acids is 1. The number of hydrogen-bond acceptors (Lipinski definition) is 3. The maximum Gasteiger partial charge on any atom is 0.328 e. The summed E-state index contributed by atoms with van der Waals surface area (Å²) in [6.45, 7) is 6.41. The third-order valence-electron chi connectivity index (χ3n) is 2.40. The Morgan fingerprint density at radius 1 is 1.26 bits per heavy atom. The predicted octanol–water partition coefficient (Wildman–Crippen LogP) is 3.63. The smallest absolute Gasteiger partial charge is 0.328 e. The summed E-state index contributed by atoms with van der Waals surface area (Å²) in [4.78, 5) is 10.7. The first-order valence-electron chi connectivity index (χ1n) is 6.00. The summed E-state index contributed by atoms with van der Waals surface area (Å²) in [7, 11) is 0. The Bertz CT molecular complexity index is 494. The maximum atomic E-state index is 10.7. The van der Waals surface area contributed by atoms with Crippen molar-refractivity contribution in [3.8, 4) is 11.5 Å². The molecule has 0 fully saturated rings. The first kappa shape index (κ1) is 15.4. The zero-order valence-electron chi connectivity index (χ0n) is 11.2. The lowest BCUT2D eigenvalue weighted by Gasteiger charge is -2.14. The second-order valence-electron chi connectivity index (χ2n) is 3.81. The molecule has 19 heavy (non-hydrogen) atoms. The third kappa shape index (κ3) is 4.17. The van der Waals surface area contributed by atoms with Gasteiger partial charge in [0.1, 0.15) is 0 Å². The molecule has 0 heterocycles. The van der Waals surface area contributed by atoms with Crippen molar-refractivity contribution < 1.29 is 19.4 Å². The molecule has 0 aliphatic carbocycles. The number of carboxylic acids is 1. The number of carbonyl (C=O) groups is 1. The van der Waals surface area contributed by atoms with Crippen LogP contribution in [0, 0.1) is 0 Å². The van der Waals surface area contributed by atoms with Crippen LogP contribution in [-0.4, -0.2) is 24.3 Å². The van der Waals surface area contributed by atoms with Crippen LogP contribution in [-0.2, 0) is 4.79 Å². The van der Waals surface area contributed by atoms with Crippen LogP contribution in [0.3, 0.4) is 0 Å². The molecule has 1 aromatic rings. The first-order chi connectivity index (χ1) is 8.99. The van der Waals surface area contributed by atoms with Crippen LogP contribution in [0.5, 0.6) is 11.5 Å². The van der Waals surface area contributed by atoms with E-state index in [0.717, 1.165) is 6.08 Å². The van der Waals surface area contributed by atoms with E-state index in [1.807, 2.05) is 13.8 Å². The molecule has 0 bridgehead atoms. The predicted molar refractivity (Wildman–Crippen MR) is 75.1 cm³/mol. The summed E-state index contributed by atoms with van der Waals surface area (Å²) < 4.78 is 10.9. The number of rotatable bonds is 6. The second-order valence-corrected chi connectivity index (χ2v) is 4.22. The highest BCUT2D eigenvalue weighted by atomic mass is 35.5. The number of halogens is 1. The normalized spacial score (nSPS) is 11.3. The molecule has 0 aromatic heterocycles. The van der Waals surface area contributed by atoms with Crippen molar-refractivity contribution in [1.82, 2.24) is 0 Å². The Hall–Kier alpha value is -1.68. The van der Waals surface area contributed by atoms with Gasteiger partial charge in [-0.15, -0.1) is 0 Å². The van der Waals surface area contributed by atoms with Crippen molar-refractivity contribution >= 4 is 23.1 Å². The fourth-order valence-electron chi connectivity index (χ4n) is 1.64. The van der Waals surface area contributed by atoms with E-state index in [1.165, 1.54) is 0 Å². The van der Waals surface area contributed by atoms with Gasteiger partial charge in [0, 0.05) is 17.7 Å². The van der Waals surface area contributed by atoms with E-state index >= 15 is 0 Å². The molecule has 0 saturated carbocycles. The van der Waals surface area contributed by atoms with E-state index in [4.69, 9.17) is 26.2 Å². The van der Waals surface area contributed by atoms with Crippen LogP contribution in [0.4, 0.5) is 0 Å². The topological polar surface area (TPSA) is 55.8 Å². The van der Waals surface area contributed by atoms with Gasteiger partial charge in [-0.1, -0.05) is 11.6 Å². The Morgan fingerprint density at radius 2 is 1.79 bits per heavy atom. The SMILES string of the molecule is CCOc1cc(Cl)c(/C(C)=C/C(=O)O)cc1OCC. The summed E-state index contributed by atoms with van der Waals surface area (Å²) in [6, 6.07) is 3.34. The Morgan fingerprint density at radius 3 is 2.26 bits per heavy atom. The van der Waals surface area contributed by atoms with E-state index in [2.05, 4.69) is 0 Å². The average molecular weight is 285 g/mol. The van der Waals surface area contributed by atoms with Crippen LogP contribution in [0.15, 0.2) is 18.2 Å². The van der Waals surface area contributed by atoms with E-state index in [9.17, 15) is 4.79 Å². The molecule has 0 spiro atoms. The highest BCUT2D eigenvalue weighted by molar-refractivity contribution is 6.32. The van der Waals surface area contributed by atoms with Crippen molar-refractivity contribution in [3.63, 3.8) is 0 Å². The van der Waals surface area contributed by atoms with E-state index in [0.29, 0.717) is 40.9 Å². The molecule has 0 radical (unpaired) electrons. The van der Waals surface area contributed by atoms with Crippen LogP contribution in [0.1, 0.15) is 26.3 Å². The number of allylic oxidation sites excluding steroid dienone is 1. The highest BCUT2D eigenvalue weighted by Gasteiger charge is 2.12. The van der Waals surface area contributed by atoms with E-state index in [1.54, 1.807) is 19.1 Å². The van der Waals surface area contributed by atoms with Crippen molar-refractivity contribution in [2.24, 2.45) is 0 Å². The lowest BCUT2D eigenvalue weighted by Crippen LogP contribution is -2.00. The molecule has 5 heteroatoms. The van der Waals surface area contributed by atoms with Crippen LogP contribution >= 0.6 is 11.6 Å². The van der Waals surface area contributed by atoms with E-state index in [-0.39, 0.29) is 0 Å². The molecule has 0 aliphatic rings. The Balaban J connectivity index is 3.27. The minimum absolute atomic E-state index is 0.432. The molecule has 0 aliphatic heterocycles. The van der Waals surface area contributed by atoms with Crippen LogP contribution in [0.2, 0.25) is 5.02 Å². The fourth-order valence-corrected chi connectivity index (χ4v) is 1.94. The van der Waals surface area contributed by atoms with Gasteiger partial charge in [0.25, 0.3) is 0 Å². The van der Waals surface area contributed by atoms with Crippen molar-refractivity contribution in [2.75, 3.05) is 13.2 Å². The highest BCUT2D eigenvalue weighted by Crippen LogP contribution is 2.36. The largest absolute Gasteiger partial charge is 0.490 e. The molecule has 0 amide bonds. The quantitative estimate of drug-likeness (QED) is 0.811. The van der Waals surface area contributed by atoms with Gasteiger partial charge in [-0.3, -0.25) is 0 Å². The van der Waals surface area contributed by atoms with Gasteiger partial charge in [-0.25, -0.2) is 4.79 Å². The summed E-state index contributed by atoms with van der Waals surface area (Å²) in [6.07, 6.45) is 1.11. The molecule has 1 rings (SSSR count). The molecule has 0 unspecified atom stereocenters. The van der Waals surface area contributed by atoms with Gasteiger partial charge in [-0.05, 0) is 32.4 Å². The number of hydrogen-bond donors (Lipinski definition) is 1. The Labute approximate surface area is 117 Å².